The highest BCUT2D eigenvalue weighted by atomic mass is 19.1. The van der Waals surface area contributed by atoms with E-state index >= 15 is 0 Å². The molecule has 1 aliphatic rings. The molecule has 0 radical (unpaired) electrons. The van der Waals surface area contributed by atoms with Gasteiger partial charge in [-0.1, -0.05) is 0 Å². The molecule has 7 heteroatoms. The Morgan fingerprint density at radius 1 is 1.45 bits per heavy atom. The number of hydrogen-bond acceptors (Lipinski definition) is 5. The number of nitro benzene ring substituents is 1. The molecule has 1 fully saturated rings. The third-order valence-electron chi connectivity index (χ3n) is 3.54. The Hall–Kier alpha value is -1.57. The van der Waals surface area contributed by atoms with Crippen LogP contribution in [0.2, 0.25) is 0 Å². The highest BCUT2D eigenvalue weighted by Gasteiger charge is 2.28. The van der Waals surface area contributed by atoms with Crippen LogP contribution in [0.25, 0.3) is 0 Å². The maximum absolute atomic E-state index is 13.2. The molecule has 0 amide bonds. The van der Waals surface area contributed by atoms with Crippen LogP contribution in [0.5, 0.6) is 0 Å². The van der Waals surface area contributed by atoms with Crippen LogP contribution in [-0.4, -0.2) is 47.7 Å². The van der Waals surface area contributed by atoms with Crippen molar-refractivity contribution in [2.75, 3.05) is 32.8 Å². The molecule has 20 heavy (non-hydrogen) atoms. The zero-order valence-corrected chi connectivity index (χ0v) is 11.1. The van der Waals surface area contributed by atoms with E-state index in [-0.39, 0.29) is 18.3 Å². The minimum Gasteiger partial charge on any atom is -0.396 e. The molecule has 1 atom stereocenters. The van der Waals surface area contributed by atoms with Crippen LogP contribution in [0, 0.1) is 15.9 Å². The second-order valence-corrected chi connectivity index (χ2v) is 4.77. The van der Waals surface area contributed by atoms with E-state index in [4.69, 9.17) is 0 Å². The van der Waals surface area contributed by atoms with Gasteiger partial charge in [-0.25, -0.2) is 4.39 Å². The number of rotatable bonds is 5. The number of halogens is 1. The fraction of sp³-hybridized carbons (Fsp3) is 0.538. The lowest BCUT2D eigenvalue weighted by molar-refractivity contribution is -0.386. The van der Waals surface area contributed by atoms with E-state index in [1.807, 2.05) is 0 Å². The standard InChI is InChI=1S/C13H18FN3O3/c14-10-1-2-11(13(9-10)17(19)20)12(3-8-18)16-6-4-15-5-7-16/h1-2,9,12,15,18H,3-8H2/t12-/m1/s1. The largest absolute Gasteiger partial charge is 0.396 e. The summed E-state index contributed by atoms with van der Waals surface area (Å²) in [5.74, 6) is -0.622. The number of nitrogens with one attached hydrogen (secondary N) is 1. The Labute approximate surface area is 116 Å². The molecule has 0 unspecified atom stereocenters. The summed E-state index contributed by atoms with van der Waals surface area (Å²) >= 11 is 0. The lowest BCUT2D eigenvalue weighted by Crippen LogP contribution is -2.45. The minimum atomic E-state index is -0.622. The number of hydrogen-bond donors (Lipinski definition) is 2. The summed E-state index contributed by atoms with van der Waals surface area (Å²) in [6, 6.07) is 3.37. The highest BCUT2D eigenvalue weighted by Crippen LogP contribution is 2.32. The van der Waals surface area contributed by atoms with Gasteiger partial charge < -0.3 is 10.4 Å². The molecule has 1 heterocycles. The molecule has 1 aromatic carbocycles. The second kappa shape index (κ2) is 6.74. The summed E-state index contributed by atoms with van der Waals surface area (Å²) in [6.45, 7) is 3.04. The third kappa shape index (κ3) is 3.30. The van der Waals surface area contributed by atoms with E-state index in [0.29, 0.717) is 12.0 Å². The zero-order chi connectivity index (χ0) is 14.5. The highest BCUT2D eigenvalue weighted by molar-refractivity contribution is 5.42. The molecular weight excluding hydrogens is 265 g/mol. The van der Waals surface area contributed by atoms with Gasteiger partial charge in [-0.3, -0.25) is 15.0 Å². The maximum Gasteiger partial charge on any atom is 0.277 e. The van der Waals surface area contributed by atoms with Crippen LogP contribution in [-0.2, 0) is 0 Å². The van der Waals surface area contributed by atoms with Crippen LogP contribution < -0.4 is 5.32 Å². The number of aliphatic hydroxyl groups is 1. The second-order valence-electron chi connectivity index (χ2n) is 4.77. The molecule has 0 spiro atoms. The Bertz CT molecular complexity index is 478. The van der Waals surface area contributed by atoms with Gasteiger partial charge in [-0.2, -0.15) is 0 Å². The normalized spacial score (nSPS) is 17.9. The van der Waals surface area contributed by atoms with Crippen LogP contribution in [0.3, 0.4) is 0 Å². The molecule has 6 nitrogen and oxygen atoms in total. The monoisotopic (exact) mass is 283 g/mol. The smallest absolute Gasteiger partial charge is 0.277 e. The average Bonchev–Trinajstić information content (AvgIpc) is 2.46. The van der Waals surface area contributed by atoms with Gasteiger partial charge in [0.1, 0.15) is 5.82 Å². The molecule has 2 rings (SSSR count). The first-order chi connectivity index (χ1) is 9.63. The Morgan fingerprint density at radius 3 is 2.75 bits per heavy atom. The van der Waals surface area contributed by atoms with Gasteiger partial charge >= 0.3 is 0 Å². The third-order valence-corrected chi connectivity index (χ3v) is 3.54. The fourth-order valence-corrected chi connectivity index (χ4v) is 2.61. The van der Waals surface area contributed by atoms with Crippen molar-refractivity contribution in [3.63, 3.8) is 0 Å². The van der Waals surface area contributed by atoms with Crippen molar-refractivity contribution in [2.45, 2.75) is 12.5 Å². The number of benzene rings is 1. The first-order valence-corrected chi connectivity index (χ1v) is 6.63. The van der Waals surface area contributed by atoms with Gasteiger partial charge in [0.25, 0.3) is 5.69 Å². The lowest BCUT2D eigenvalue weighted by atomic mass is 9.99. The first kappa shape index (κ1) is 14.8. The lowest BCUT2D eigenvalue weighted by Gasteiger charge is -2.34. The van der Waals surface area contributed by atoms with E-state index in [0.717, 1.165) is 32.2 Å². The minimum absolute atomic E-state index is 0.0663. The van der Waals surface area contributed by atoms with Crippen molar-refractivity contribution in [1.82, 2.24) is 10.2 Å². The summed E-state index contributed by atoms with van der Waals surface area (Å²) in [7, 11) is 0. The van der Waals surface area contributed by atoms with Crippen molar-refractivity contribution in [3.05, 3.63) is 39.7 Å². The SMILES string of the molecule is O=[N+]([O-])c1cc(F)ccc1[C@@H](CCO)N1CCNCC1. The Balaban J connectivity index is 2.35. The van der Waals surface area contributed by atoms with E-state index in [9.17, 15) is 19.6 Å². The van der Waals surface area contributed by atoms with E-state index in [1.165, 1.54) is 12.1 Å². The molecule has 0 bridgehead atoms. The quantitative estimate of drug-likeness (QED) is 0.624. The molecule has 0 saturated carbocycles. The summed E-state index contributed by atoms with van der Waals surface area (Å²) in [4.78, 5) is 12.6. The van der Waals surface area contributed by atoms with Gasteiger partial charge in [0.05, 0.1) is 11.0 Å². The summed E-state index contributed by atoms with van der Waals surface area (Å²) < 4.78 is 13.2. The van der Waals surface area contributed by atoms with Gasteiger partial charge in [-0.15, -0.1) is 0 Å². The molecule has 1 saturated heterocycles. The predicted molar refractivity (Wildman–Crippen MR) is 71.9 cm³/mol. The van der Waals surface area contributed by atoms with Crippen molar-refractivity contribution in [3.8, 4) is 0 Å². The molecule has 0 aliphatic carbocycles. The summed E-state index contributed by atoms with van der Waals surface area (Å²) in [5, 5.41) is 23.5. The van der Waals surface area contributed by atoms with Gasteiger partial charge in [0.15, 0.2) is 0 Å². The maximum atomic E-state index is 13.2. The van der Waals surface area contributed by atoms with Crippen molar-refractivity contribution in [1.29, 1.82) is 0 Å². The van der Waals surface area contributed by atoms with Crippen molar-refractivity contribution >= 4 is 5.69 Å². The molecule has 0 aromatic heterocycles. The van der Waals surface area contributed by atoms with E-state index in [2.05, 4.69) is 10.2 Å². The zero-order valence-electron chi connectivity index (χ0n) is 11.1. The number of aliphatic hydroxyl groups excluding tert-OH is 1. The first-order valence-electron chi connectivity index (χ1n) is 6.63. The predicted octanol–water partition coefficient (Wildman–Crippen LogP) is 1.06. The van der Waals surface area contributed by atoms with Crippen molar-refractivity contribution < 1.29 is 14.4 Å². The summed E-state index contributed by atoms with van der Waals surface area (Å²) in [6.07, 6.45) is 0.395. The number of nitrogens with zero attached hydrogens (tertiary/aromatic N) is 2. The van der Waals surface area contributed by atoms with Gasteiger partial charge in [0.2, 0.25) is 0 Å². The van der Waals surface area contributed by atoms with E-state index < -0.39 is 10.7 Å². The Morgan fingerprint density at radius 2 is 2.15 bits per heavy atom. The van der Waals surface area contributed by atoms with Crippen LogP contribution in [0.4, 0.5) is 10.1 Å². The van der Waals surface area contributed by atoms with E-state index in [1.54, 1.807) is 0 Å². The number of nitro groups is 1. The van der Waals surface area contributed by atoms with Crippen LogP contribution in [0.1, 0.15) is 18.0 Å². The number of piperazine rings is 1. The van der Waals surface area contributed by atoms with Gasteiger partial charge in [0, 0.05) is 44.4 Å². The van der Waals surface area contributed by atoms with Crippen LogP contribution in [0.15, 0.2) is 18.2 Å². The molecule has 1 aromatic rings. The molecule has 110 valence electrons. The van der Waals surface area contributed by atoms with Crippen LogP contribution >= 0.6 is 0 Å². The molecule has 1 aliphatic heterocycles. The van der Waals surface area contributed by atoms with Gasteiger partial charge in [-0.05, 0) is 18.6 Å². The topological polar surface area (TPSA) is 78.6 Å². The summed E-state index contributed by atoms with van der Waals surface area (Å²) in [5.41, 5.74) is 0.245. The molecular formula is C13H18FN3O3. The van der Waals surface area contributed by atoms with Crippen molar-refractivity contribution in [2.24, 2.45) is 0 Å². The molecule has 2 N–H and O–H groups in total. The Kier molecular flexibility index (Phi) is 4.99. The average molecular weight is 283 g/mol. The fourth-order valence-electron chi connectivity index (χ4n) is 2.61.